The van der Waals surface area contributed by atoms with Crippen LogP contribution in [0.25, 0.3) is 11.2 Å². The maximum absolute atomic E-state index is 10.3. The molecule has 2 heterocycles. The average Bonchev–Trinajstić information content (AvgIpc) is 3.14. The molecule has 0 aliphatic rings. The lowest BCUT2D eigenvalue weighted by atomic mass is 10.1. The Kier molecular flexibility index (Phi) is 6.46. The van der Waals surface area contributed by atoms with Crippen molar-refractivity contribution >= 4 is 22.9 Å². The molecule has 0 saturated heterocycles. The van der Waals surface area contributed by atoms with Crippen LogP contribution < -0.4 is 10.6 Å². The van der Waals surface area contributed by atoms with E-state index in [1.54, 1.807) is 6.33 Å². The van der Waals surface area contributed by atoms with Crippen LogP contribution in [-0.2, 0) is 6.54 Å². The first-order valence-corrected chi connectivity index (χ1v) is 10.00. The van der Waals surface area contributed by atoms with Crippen molar-refractivity contribution < 1.29 is 5.11 Å². The zero-order chi connectivity index (χ0) is 20.1. The van der Waals surface area contributed by atoms with Gasteiger partial charge in [-0.05, 0) is 32.3 Å². The molecule has 0 bridgehead atoms. The maximum Gasteiger partial charge on any atom is 0.227 e. The standard InChI is InChI=1S/C21H30N6O/c1-5-16(17(28)6-2)24-21-25-19(22-12-15-10-8-7-9-11-15)18-20(26-21)27(13-23-18)14(3)4/h7-11,13-14,16-17,28H,5-6,12H2,1-4H3,(H2,22,24,25,26)/t16?,17-/m1/s1. The summed E-state index contributed by atoms with van der Waals surface area (Å²) in [5.41, 5.74) is 2.70. The minimum absolute atomic E-state index is 0.0974. The summed E-state index contributed by atoms with van der Waals surface area (Å²) in [6.45, 7) is 8.86. The van der Waals surface area contributed by atoms with Crippen LogP contribution in [0.15, 0.2) is 36.7 Å². The van der Waals surface area contributed by atoms with Gasteiger partial charge in [0, 0.05) is 12.6 Å². The van der Waals surface area contributed by atoms with Gasteiger partial charge in [0.1, 0.15) is 0 Å². The molecule has 2 aromatic heterocycles. The largest absolute Gasteiger partial charge is 0.391 e. The van der Waals surface area contributed by atoms with Crippen molar-refractivity contribution in [1.29, 1.82) is 0 Å². The minimum atomic E-state index is -0.444. The van der Waals surface area contributed by atoms with E-state index in [2.05, 4.69) is 46.6 Å². The molecule has 0 aliphatic heterocycles. The van der Waals surface area contributed by atoms with Crippen molar-refractivity contribution in [2.45, 2.75) is 65.3 Å². The Morgan fingerprint density at radius 3 is 2.46 bits per heavy atom. The Hall–Kier alpha value is -2.67. The molecule has 0 spiro atoms. The number of hydrogen-bond donors (Lipinski definition) is 3. The molecule has 1 aromatic carbocycles. The molecule has 7 nitrogen and oxygen atoms in total. The molecule has 150 valence electrons. The summed E-state index contributed by atoms with van der Waals surface area (Å²) in [7, 11) is 0. The molecule has 0 amide bonds. The summed E-state index contributed by atoms with van der Waals surface area (Å²) in [6.07, 6.45) is 2.82. The fourth-order valence-electron chi connectivity index (χ4n) is 3.18. The quantitative estimate of drug-likeness (QED) is 0.519. The van der Waals surface area contributed by atoms with Gasteiger partial charge >= 0.3 is 0 Å². The van der Waals surface area contributed by atoms with Gasteiger partial charge in [-0.15, -0.1) is 0 Å². The van der Waals surface area contributed by atoms with Crippen LogP contribution >= 0.6 is 0 Å². The van der Waals surface area contributed by atoms with Gasteiger partial charge in [0.25, 0.3) is 0 Å². The molecule has 0 fully saturated rings. The SMILES string of the molecule is CCC(Nc1nc(NCc2ccccc2)c2ncn(C(C)C)c2n1)[C@H](O)CC. The first kappa shape index (κ1) is 20.1. The van der Waals surface area contributed by atoms with E-state index in [9.17, 15) is 5.11 Å². The number of aliphatic hydroxyl groups excluding tert-OH is 1. The first-order chi connectivity index (χ1) is 13.5. The summed E-state index contributed by atoms with van der Waals surface area (Å²) in [5.74, 6) is 1.20. The average molecular weight is 383 g/mol. The van der Waals surface area contributed by atoms with Gasteiger partial charge < -0.3 is 20.3 Å². The van der Waals surface area contributed by atoms with Crippen molar-refractivity contribution in [3.05, 3.63) is 42.2 Å². The van der Waals surface area contributed by atoms with Crippen LogP contribution in [0.2, 0.25) is 0 Å². The third-order valence-corrected chi connectivity index (χ3v) is 4.92. The molecule has 3 rings (SSSR count). The van der Waals surface area contributed by atoms with Crippen molar-refractivity contribution in [2.75, 3.05) is 10.6 Å². The highest BCUT2D eigenvalue weighted by Gasteiger charge is 2.19. The Bertz CT molecular complexity index is 893. The second-order valence-corrected chi connectivity index (χ2v) is 7.29. The zero-order valence-electron chi connectivity index (χ0n) is 17.1. The highest BCUT2D eigenvalue weighted by Crippen LogP contribution is 2.24. The highest BCUT2D eigenvalue weighted by atomic mass is 16.3. The molecule has 28 heavy (non-hydrogen) atoms. The predicted octanol–water partition coefficient (Wildman–Crippen LogP) is 3.98. The molecule has 0 aliphatic carbocycles. The van der Waals surface area contributed by atoms with E-state index in [1.807, 2.05) is 36.6 Å². The number of aromatic nitrogens is 4. The molecular weight excluding hydrogens is 352 g/mol. The topological polar surface area (TPSA) is 87.9 Å². The smallest absolute Gasteiger partial charge is 0.227 e. The molecule has 1 unspecified atom stereocenters. The van der Waals surface area contributed by atoms with Gasteiger partial charge in [0.05, 0.1) is 18.5 Å². The van der Waals surface area contributed by atoms with Crippen molar-refractivity contribution in [1.82, 2.24) is 19.5 Å². The highest BCUT2D eigenvalue weighted by molar-refractivity contribution is 5.84. The van der Waals surface area contributed by atoms with Crippen molar-refractivity contribution in [3.63, 3.8) is 0 Å². The fourth-order valence-corrected chi connectivity index (χ4v) is 3.18. The summed E-state index contributed by atoms with van der Waals surface area (Å²) in [6, 6.07) is 10.3. The van der Waals surface area contributed by atoms with Gasteiger partial charge in [-0.25, -0.2) is 4.98 Å². The third-order valence-electron chi connectivity index (χ3n) is 4.92. The summed E-state index contributed by atoms with van der Waals surface area (Å²) in [4.78, 5) is 13.9. The minimum Gasteiger partial charge on any atom is -0.391 e. The van der Waals surface area contributed by atoms with Gasteiger partial charge in [0.2, 0.25) is 5.95 Å². The van der Waals surface area contributed by atoms with E-state index >= 15 is 0 Å². The zero-order valence-corrected chi connectivity index (χ0v) is 17.1. The number of nitrogens with zero attached hydrogens (tertiary/aromatic N) is 4. The molecular formula is C21H30N6O. The predicted molar refractivity (Wildman–Crippen MR) is 113 cm³/mol. The number of aliphatic hydroxyl groups is 1. The van der Waals surface area contributed by atoms with Crippen molar-refractivity contribution in [2.24, 2.45) is 0 Å². The summed E-state index contributed by atoms with van der Waals surface area (Å²) < 4.78 is 2.03. The van der Waals surface area contributed by atoms with Crippen LogP contribution in [0.4, 0.5) is 11.8 Å². The lowest BCUT2D eigenvalue weighted by Crippen LogP contribution is -2.33. The Morgan fingerprint density at radius 2 is 1.82 bits per heavy atom. The number of anilines is 2. The monoisotopic (exact) mass is 382 g/mol. The number of benzene rings is 1. The lowest BCUT2D eigenvalue weighted by molar-refractivity contribution is 0.146. The van der Waals surface area contributed by atoms with Crippen molar-refractivity contribution in [3.8, 4) is 0 Å². The molecule has 2 atom stereocenters. The maximum atomic E-state index is 10.3. The van der Waals surface area contributed by atoms with Gasteiger partial charge in [0.15, 0.2) is 17.0 Å². The Balaban J connectivity index is 1.95. The molecule has 0 radical (unpaired) electrons. The van der Waals surface area contributed by atoms with Crippen LogP contribution in [-0.4, -0.2) is 36.8 Å². The molecule has 3 N–H and O–H groups in total. The van der Waals surface area contributed by atoms with E-state index in [0.717, 1.165) is 17.6 Å². The van der Waals surface area contributed by atoms with E-state index in [4.69, 9.17) is 4.98 Å². The third kappa shape index (κ3) is 4.42. The lowest BCUT2D eigenvalue weighted by Gasteiger charge is -2.22. The molecule has 3 aromatic rings. The molecule has 0 saturated carbocycles. The van der Waals surface area contributed by atoms with Gasteiger partial charge in [-0.2, -0.15) is 9.97 Å². The second kappa shape index (κ2) is 9.01. The van der Waals surface area contributed by atoms with Crippen LogP contribution in [0, 0.1) is 0 Å². The second-order valence-electron chi connectivity index (χ2n) is 7.29. The van der Waals surface area contributed by atoms with Crippen LogP contribution in [0.1, 0.15) is 52.1 Å². The fraction of sp³-hybridized carbons (Fsp3) is 0.476. The van der Waals surface area contributed by atoms with Gasteiger partial charge in [-0.1, -0.05) is 44.2 Å². The summed E-state index contributed by atoms with van der Waals surface area (Å²) >= 11 is 0. The Labute approximate surface area is 166 Å². The number of imidazole rings is 1. The van der Waals surface area contributed by atoms with Crippen LogP contribution in [0.5, 0.6) is 0 Å². The van der Waals surface area contributed by atoms with E-state index in [0.29, 0.717) is 24.7 Å². The number of fused-ring (bicyclic) bond motifs is 1. The number of hydrogen-bond acceptors (Lipinski definition) is 6. The van der Waals surface area contributed by atoms with Gasteiger partial charge in [-0.3, -0.25) is 0 Å². The van der Waals surface area contributed by atoms with Crippen LogP contribution in [0.3, 0.4) is 0 Å². The Morgan fingerprint density at radius 1 is 1.07 bits per heavy atom. The first-order valence-electron chi connectivity index (χ1n) is 10.00. The van der Waals surface area contributed by atoms with E-state index in [-0.39, 0.29) is 12.1 Å². The summed E-state index contributed by atoms with van der Waals surface area (Å²) in [5, 5.41) is 17.0. The molecule has 7 heteroatoms. The normalized spacial score (nSPS) is 13.6. The number of rotatable bonds is 9. The van der Waals surface area contributed by atoms with E-state index < -0.39 is 6.10 Å². The van der Waals surface area contributed by atoms with E-state index in [1.165, 1.54) is 5.56 Å². The number of nitrogens with one attached hydrogen (secondary N) is 2.